The van der Waals surface area contributed by atoms with Crippen molar-refractivity contribution in [3.8, 4) is 0 Å². The summed E-state index contributed by atoms with van der Waals surface area (Å²) in [6, 6.07) is 7.35. The van der Waals surface area contributed by atoms with Gasteiger partial charge in [-0.3, -0.25) is 19.3 Å². The zero-order chi connectivity index (χ0) is 25.3. The molecule has 9 nitrogen and oxygen atoms in total. The summed E-state index contributed by atoms with van der Waals surface area (Å²) >= 11 is 6.48. The maximum Gasteiger partial charge on any atom is 0.246 e. The molecule has 1 spiro atoms. The van der Waals surface area contributed by atoms with Gasteiger partial charge < -0.3 is 19.9 Å². The van der Waals surface area contributed by atoms with Gasteiger partial charge in [0.2, 0.25) is 17.7 Å². The van der Waals surface area contributed by atoms with Crippen LogP contribution in [-0.4, -0.2) is 45.7 Å². The molecule has 5 rings (SSSR count). The molecule has 0 radical (unpaired) electrons. The molecule has 1 aromatic heterocycles. The van der Waals surface area contributed by atoms with Gasteiger partial charge in [0.1, 0.15) is 17.4 Å². The summed E-state index contributed by atoms with van der Waals surface area (Å²) in [5, 5.41) is 9.86. The summed E-state index contributed by atoms with van der Waals surface area (Å²) in [4.78, 5) is 42.7. The van der Waals surface area contributed by atoms with Gasteiger partial charge >= 0.3 is 0 Å². The summed E-state index contributed by atoms with van der Waals surface area (Å²) in [6.45, 7) is 9.04. The monoisotopic (exact) mass is 498 g/mol. The van der Waals surface area contributed by atoms with Crippen molar-refractivity contribution in [2.24, 2.45) is 11.8 Å². The number of halogens is 1. The van der Waals surface area contributed by atoms with E-state index < -0.39 is 52.3 Å². The number of rotatable bonds is 4. The summed E-state index contributed by atoms with van der Waals surface area (Å²) < 4.78 is 11.5. The molecule has 0 aliphatic carbocycles. The van der Waals surface area contributed by atoms with Crippen LogP contribution in [0.5, 0.6) is 0 Å². The van der Waals surface area contributed by atoms with E-state index >= 15 is 0 Å². The second-order valence-electron chi connectivity index (χ2n) is 10.5. The summed E-state index contributed by atoms with van der Waals surface area (Å²) in [7, 11) is 0. The lowest BCUT2D eigenvalue weighted by Crippen LogP contribution is -2.58. The van der Waals surface area contributed by atoms with Crippen molar-refractivity contribution in [2.45, 2.75) is 57.4 Å². The van der Waals surface area contributed by atoms with E-state index in [4.69, 9.17) is 20.9 Å². The molecule has 2 aromatic rings. The number of fused-ring (bicyclic) bond motifs is 1. The summed E-state index contributed by atoms with van der Waals surface area (Å²) in [5.41, 5.74) is -2.61. The minimum Gasteiger partial charge on any atom is -0.360 e. The first-order valence-electron chi connectivity index (χ1n) is 11.4. The van der Waals surface area contributed by atoms with Crippen molar-refractivity contribution < 1.29 is 23.6 Å². The maximum absolute atomic E-state index is 14.1. The molecular weight excluding hydrogens is 472 g/mol. The largest absolute Gasteiger partial charge is 0.360 e. The third-order valence-corrected chi connectivity index (χ3v) is 7.04. The first-order chi connectivity index (χ1) is 16.4. The van der Waals surface area contributed by atoms with E-state index in [1.807, 2.05) is 20.8 Å². The van der Waals surface area contributed by atoms with Crippen LogP contribution in [0, 0.1) is 18.8 Å². The second-order valence-corrected chi connectivity index (χ2v) is 10.9. The van der Waals surface area contributed by atoms with Crippen LogP contribution < -0.4 is 15.5 Å². The fourth-order valence-corrected chi connectivity index (χ4v) is 5.73. The Morgan fingerprint density at radius 3 is 2.51 bits per heavy atom. The molecule has 0 unspecified atom stereocenters. The zero-order valence-electron chi connectivity index (χ0n) is 20.1. The number of hydrogen-bond donors (Lipinski definition) is 2. The molecule has 1 aromatic carbocycles. The average Bonchev–Trinajstić information content (AvgIpc) is 3.44. The van der Waals surface area contributed by atoms with Crippen LogP contribution >= 0.6 is 11.6 Å². The van der Waals surface area contributed by atoms with Crippen molar-refractivity contribution in [3.05, 3.63) is 53.3 Å². The number of nitrogens with one attached hydrogen (secondary N) is 2. The van der Waals surface area contributed by atoms with Crippen LogP contribution in [0.15, 0.2) is 47.0 Å². The van der Waals surface area contributed by atoms with Crippen LogP contribution in [0.4, 0.5) is 11.5 Å². The fraction of sp³-hybridized carbons (Fsp3) is 0.440. The van der Waals surface area contributed by atoms with Crippen LogP contribution in [0.25, 0.3) is 0 Å². The Kier molecular flexibility index (Phi) is 5.16. The third kappa shape index (κ3) is 3.56. The van der Waals surface area contributed by atoms with Crippen LogP contribution in [0.2, 0.25) is 5.02 Å². The minimum absolute atomic E-state index is 0.243. The van der Waals surface area contributed by atoms with Crippen molar-refractivity contribution in [3.63, 3.8) is 0 Å². The number of ether oxygens (including phenoxy) is 1. The number of amides is 3. The number of aryl methyl sites for hydroxylation is 1. The Bertz CT molecular complexity index is 1270. The Hall–Kier alpha value is -3.17. The highest BCUT2D eigenvalue weighted by molar-refractivity contribution is 6.34. The van der Waals surface area contributed by atoms with E-state index in [1.165, 1.54) is 4.90 Å². The number of carbonyl (C=O) groups excluding carboxylic acids is 3. The number of aromatic nitrogens is 1. The molecule has 2 N–H and O–H groups in total. The van der Waals surface area contributed by atoms with Crippen molar-refractivity contribution in [2.75, 3.05) is 10.2 Å². The number of anilines is 2. The standard InChI is InChI=1S/C25H27ClN4O5/c1-13-12-16(29-34-13)27-20(31)17-18-22(33)30(15-9-7-6-8-14(15)26)19(21(32)28-23(2,3)4)25(18)11-10-24(17,5)35-25/h6-12,17-19H,1-5H3,(H,28,32)(H,27,29,31)/t17-,18+,19+,24+,25+/m0/s1. The fourth-order valence-electron chi connectivity index (χ4n) is 5.51. The maximum atomic E-state index is 14.1. The molecule has 5 atom stereocenters. The molecule has 2 bridgehead atoms. The third-order valence-electron chi connectivity index (χ3n) is 6.72. The van der Waals surface area contributed by atoms with Crippen molar-refractivity contribution >= 4 is 40.8 Å². The Labute approximate surface area is 207 Å². The molecule has 10 heteroatoms. The Morgan fingerprint density at radius 1 is 1.17 bits per heavy atom. The quantitative estimate of drug-likeness (QED) is 0.625. The molecule has 3 aliphatic heterocycles. The van der Waals surface area contributed by atoms with E-state index in [0.29, 0.717) is 16.5 Å². The molecule has 2 fully saturated rings. The van der Waals surface area contributed by atoms with Gasteiger partial charge in [-0.2, -0.15) is 0 Å². The van der Waals surface area contributed by atoms with E-state index in [-0.39, 0.29) is 5.82 Å². The highest BCUT2D eigenvalue weighted by Crippen LogP contribution is 2.60. The summed E-state index contributed by atoms with van der Waals surface area (Å²) in [5.74, 6) is -2.32. The van der Waals surface area contributed by atoms with Gasteiger partial charge in [-0.05, 0) is 46.8 Å². The first-order valence-corrected chi connectivity index (χ1v) is 11.8. The molecule has 184 valence electrons. The highest BCUT2D eigenvalue weighted by atomic mass is 35.5. The predicted molar refractivity (Wildman–Crippen MR) is 129 cm³/mol. The van der Waals surface area contributed by atoms with Gasteiger partial charge in [-0.1, -0.05) is 41.0 Å². The van der Waals surface area contributed by atoms with E-state index in [1.54, 1.807) is 56.3 Å². The first kappa shape index (κ1) is 23.6. The van der Waals surface area contributed by atoms with Crippen LogP contribution in [-0.2, 0) is 19.1 Å². The van der Waals surface area contributed by atoms with E-state index in [2.05, 4.69) is 15.8 Å². The number of benzene rings is 1. The number of para-hydroxylation sites is 1. The molecule has 2 saturated heterocycles. The average molecular weight is 499 g/mol. The smallest absolute Gasteiger partial charge is 0.246 e. The highest BCUT2D eigenvalue weighted by Gasteiger charge is 2.76. The lowest BCUT2D eigenvalue weighted by molar-refractivity contribution is -0.131. The van der Waals surface area contributed by atoms with Gasteiger partial charge in [0.05, 0.1) is 28.1 Å². The minimum atomic E-state index is -1.35. The molecule has 3 amide bonds. The molecule has 35 heavy (non-hydrogen) atoms. The van der Waals surface area contributed by atoms with E-state index in [9.17, 15) is 14.4 Å². The summed E-state index contributed by atoms with van der Waals surface area (Å²) in [6.07, 6.45) is 3.52. The Balaban J connectivity index is 1.61. The lowest BCUT2D eigenvalue weighted by atomic mass is 9.70. The molecule has 0 saturated carbocycles. The molecule has 3 aliphatic rings. The Morgan fingerprint density at radius 2 is 1.89 bits per heavy atom. The zero-order valence-corrected chi connectivity index (χ0v) is 20.8. The van der Waals surface area contributed by atoms with Crippen LogP contribution in [0.1, 0.15) is 33.5 Å². The van der Waals surface area contributed by atoms with E-state index in [0.717, 1.165) is 0 Å². The number of carbonyl (C=O) groups is 3. The molecular formula is C25H27ClN4O5. The van der Waals surface area contributed by atoms with Gasteiger partial charge in [0, 0.05) is 11.6 Å². The topological polar surface area (TPSA) is 114 Å². The van der Waals surface area contributed by atoms with Crippen molar-refractivity contribution in [1.82, 2.24) is 10.5 Å². The number of hydrogen-bond acceptors (Lipinski definition) is 6. The van der Waals surface area contributed by atoms with Gasteiger partial charge in [-0.25, -0.2) is 0 Å². The SMILES string of the molecule is Cc1cc(NC(=O)[C@@H]2[C@@H]3C(=O)N(c4ccccc4Cl)[C@H](C(=O)NC(C)(C)C)[C@@]34C=C[C@@]2(C)O4)no1. The second kappa shape index (κ2) is 7.66. The molecule has 4 heterocycles. The van der Waals surface area contributed by atoms with Gasteiger partial charge in [0.15, 0.2) is 5.82 Å². The number of nitrogens with zero attached hydrogens (tertiary/aromatic N) is 2. The predicted octanol–water partition coefficient (Wildman–Crippen LogP) is 3.23. The van der Waals surface area contributed by atoms with Crippen LogP contribution in [0.3, 0.4) is 0 Å². The van der Waals surface area contributed by atoms with Gasteiger partial charge in [0.25, 0.3) is 0 Å². The van der Waals surface area contributed by atoms with Gasteiger partial charge in [-0.15, -0.1) is 0 Å². The normalized spacial score (nSPS) is 31.1. The van der Waals surface area contributed by atoms with Crippen molar-refractivity contribution in [1.29, 1.82) is 0 Å². The lowest BCUT2D eigenvalue weighted by Gasteiger charge is -2.35.